The summed E-state index contributed by atoms with van der Waals surface area (Å²) in [5.74, 6) is 0.534. The molecule has 1 amide bonds. The second-order valence-electron chi connectivity index (χ2n) is 6.92. The molecule has 4 heteroatoms. The minimum Gasteiger partial charge on any atom is -0.371 e. The molecule has 126 valence electrons. The summed E-state index contributed by atoms with van der Waals surface area (Å²) in [6.07, 6.45) is 4.21. The van der Waals surface area contributed by atoms with Crippen molar-refractivity contribution < 1.29 is 4.79 Å². The molecule has 1 atom stereocenters. The van der Waals surface area contributed by atoms with Gasteiger partial charge in [-0.3, -0.25) is 9.78 Å². The first-order valence-electron chi connectivity index (χ1n) is 8.62. The molecule has 2 aromatic rings. The van der Waals surface area contributed by atoms with Crippen LogP contribution in [0.2, 0.25) is 0 Å². The standard InChI is InChI=1S/C20H25N3O/c1-14-5-4-8-23(13-14)18-6-7-21-19(12-18)20(24)22-17-10-15(2)9-16(3)11-17/h6-7,9-12,14H,4-5,8,13H2,1-3H3,(H,22,24). The SMILES string of the molecule is Cc1cc(C)cc(NC(=O)c2cc(N3CCCC(C)C3)ccn2)c1. The summed E-state index contributed by atoms with van der Waals surface area (Å²) in [5.41, 5.74) is 4.63. The van der Waals surface area contributed by atoms with Gasteiger partial charge in [-0.05, 0) is 68.0 Å². The summed E-state index contributed by atoms with van der Waals surface area (Å²) in [6, 6.07) is 9.93. The molecular formula is C20H25N3O. The van der Waals surface area contributed by atoms with Crippen molar-refractivity contribution in [2.75, 3.05) is 23.3 Å². The van der Waals surface area contributed by atoms with E-state index < -0.39 is 0 Å². The van der Waals surface area contributed by atoms with Crippen LogP contribution in [0.1, 0.15) is 41.4 Å². The Kier molecular flexibility index (Phi) is 4.84. The molecule has 1 aliphatic rings. The van der Waals surface area contributed by atoms with Crippen LogP contribution in [0.3, 0.4) is 0 Å². The number of aryl methyl sites for hydroxylation is 2. The monoisotopic (exact) mass is 323 g/mol. The van der Waals surface area contributed by atoms with Gasteiger partial charge >= 0.3 is 0 Å². The number of nitrogens with zero attached hydrogens (tertiary/aromatic N) is 2. The maximum Gasteiger partial charge on any atom is 0.274 e. The van der Waals surface area contributed by atoms with E-state index in [4.69, 9.17) is 0 Å². The van der Waals surface area contributed by atoms with E-state index in [0.29, 0.717) is 11.6 Å². The minimum absolute atomic E-state index is 0.160. The van der Waals surface area contributed by atoms with Crippen molar-refractivity contribution in [3.05, 3.63) is 53.3 Å². The third-order valence-corrected chi connectivity index (χ3v) is 4.48. The van der Waals surface area contributed by atoms with Crippen molar-refractivity contribution in [3.63, 3.8) is 0 Å². The van der Waals surface area contributed by atoms with E-state index in [9.17, 15) is 4.79 Å². The van der Waals surface area contributed by atoms with Gasteiger partial charge in [0, 0.05) is 30.7 Å². The first-order chi connectivity index (χ1) is 11.5. The highest BCUT2D eigenvalue weighted by Crippen LogP contribution is 2.23. The topological polar surface area (TPSA) is 45.2 Å². The first kappa shape index (κ1) is 16.5. The summed E-state index contributed by atoms with van der Waals surface area (Å²) in [5, 5.41) is 2.96. The lowest BCUT2D eigenvalue weighted by atomic mass is 10.00. The van der Waals surface area contributed by atoms with Gasteiger partial charge in [0.1, 0.15) is 5.69 Å². The van der Waals surface area contributed by atoms with Gasteiger partial charge in [-0.15, -0.1) is 0 Å². The van der Waals surface area contributed by atoms with E-state index in [-0.39, 0.29) is 5.91 Å². The number of nitrogens with one attached hydrogen (secondary N) is 1. The Bertz CT molecular complexity index is 721. The van der Waals surface area contributed by atoms with Crippen LogP contribution >= 0.6 is 0 Å². The van der Waals surface area contributed by atoms with Crippen LogP contribution in [0, 0.1) is 19.8 Å². The lowest BCUT2D eigenvalue weighted by molar-refractivity contribution is 0.102. The van der Waals surface area contributed by atoms with E-state index in [0.717, 1.165) is 35.6 Å². The predicted octanol–water partition coefficient (Wildman–Crippen LogP) is 4.19. The molecule has 24 heavy (non-hydrogen) atoms. The largest absolute Gasteiger partial charge is 0.371 e. The summed E-state index contributed by atoms with van der Waals surface area (Å²) in [4.78, 5) is 19.2. The zero-order valence-electron chi connectivity index (χ0n) is 14.7. The number of hydrogen-bond donors (Lipinski definition) is 1. The van der Waals surface area contributed by atoms with Crippen LogP contribution in [0.5, 0.6) is 0 Å². The Hall–Kier alpha value is -2.36. The average Bonchev–Trinajstić information content (AvgIpc) is 2.54. The number of pyridine rings is 1. The van der Waals surface area contributed by atoms with Gasteiger partial charge < -0.3 is 10.2 Å². The Balaban J connectivity index is 1.76. The van der Waals surface area contributed by atoms with Gasteiger partial charge in [-0.25, -0.2) is 0 Å². The van der Waals surface area contributed by atoms with Crippen LogP contribution in [0.4, 0.5) is 11.4 Å². The number of carbonyl (C=O) groups is 1. The van der Waals surface area contributed by atoms with Crippen LogP contribution in [0.15, 0.2) is 36.5 Å². The zero-order valence-corrected chi connectivity index (χ0v) is 14.7. The van der Waals surface area contributed by atoms with Gasteiger partial charge in [0.05, 0.1) is 0 Å². The second kappa shape index (κ2) is 7.04. The molecule has 0 saturated carbocycles. The Morgan fingerprint density at radius 2 is 1.96 bits per heavy atom. The highest BCUT2D eigenvalue weighted by molar-refractivity contribution is 6.03. The summed E-state index contributed by atoms with van der Waals surface area (Å²) in [6.45, 7) is 8.42. The minimum atomic E-state index is -0.160. The number of hydrogen-bond acceptors (Lipinski definition) is 3. The first-order valence-corrected chi connectivity index (χ1v) is 8.62. The lowest BCUT2D eigenvalue weighted by Crippen LogP contribution is -2.34. The molecule has 0 aliphatic carbocycles. The van der Waals surface area contributed by atoms with E-state index in [2.05, 4.69) is 28.2 Å². The fourth-order valence-electron chi connectivity index (χ4n) is 3.41. The molecule has 1 aromatic carbocycles. The van der Waals surface area contributed by atoms with Gasteiger partial charge in [-0.1, -0.05) is 13.0 Å². The van der Waals surface area contributed by atoms with Crippen molar-refractivity contribution in [2.45, 2.75) is 33.6 Å². The molecule has 1 fully saturated rings. The number of amides is 1. The zero-order chi connectivity index (χ0) is 17.1. The van der Waals surface area contributed by atoms with E-state index in [1.54, 1.807) is 6.20 Å². The highest BCUT2D eigenvalue weighted by Gasteiger charge is 2.18. The molecule has 3 rings (SSSR count). The quantitative estimate of drug-likeness (QED) is 0.921. The van der Waals surface area contributed by atoms with Crippen LogP contribution in [-0.4, -0.2) is 24.0 Å². The van der Waals surface area contributed by atoms with Gasteiger partial charge in [0.15, 0.2) is 0 Å². The van der Waals surface area contributed by atoms with Crippen LogP contribution in [0.25, 0.3) is 0 Å². The molecule has 0 spiro atoms. The number of carbonyl (C=O) groups excluding carboxylic acids is 1. The smallest absolute Gasteiger partial charge is 0.274 e. The second-order valence-corrected chi connectivity index (χ2v) is 6.92. The molecule has 0 radical (unpaired) electrons. The van der Waals surface area contributed by atoms with Crippen molar-refractivity contribution in [1.82, 2.24) is 4.98 Å². The van der Waals surface area contributed by atoms with Crippen molar-refractivity contribution in [1.29, 1.82) is 0 Å². The maximum absolute atomic E-state index is 12.5. The van der Waals surface area contributed by atoms with Gasteiger partial charge in [0.25, 0.3) is 5.91 Å². The lowest BCUT2D eigenvalue weighted by Gasteiger charge is -2.32. The number of piperidine rings is 1. The summed E-state index contributed by atoms with van der Waals surface area (Å²) < 4.78 is 0. The fraction of sp³-hybridized carbons (Fsp3) is 0.400. The van der Waals surface area contributed by atoms with Gasteiger partial charge in [-0.2, -0.15) is 0 Å². The predicted molar refractivity (Wildman–Crippen MR) is 98.7 cm³/mol. The maximum atomic E-state index is 12.5. The molecule has 1 aliphatic heterocycles. The van der Waals surface area contributed by atoms with E-state index in [1.165, 1.54) is 12.8 Å². The summed E-state index contributed by atoms with van der Waals surface area (Å²) in [7, 11) is 0. The Morgan fingerprint density at radius 3 is 2.67 bits per heavy atom. The Labute approximate surface area is 143 Å². The van der Waals surface area contributed by atoms with Gasteiger partial charge in [0.2, 0.25) is 0 Å². The normalized spacial score (nSPS) is 17.6. The molecule has 1 aromatic heterocycles. The number of benzene rings is 1. The summed E-state index contributed by atoms with van der Waals surface area (Å²) >= 11 is 0. The average molecular weight is 323 g/mol. The van der Waals surface area contributed by atoms with E-state index in [1.807, 2.05) is 38.1 Å². The number of aromatic nitrogens is 1. The highest BCUT2D eigenvalue weighted by atomic mass is 16.1. The van der Waals surface area contributed by atoms with Crippen LogP contribution < -0.4 is 10.2 Å². The third kappa shape index (κ3) is 3.94. The number of rotatable bonds is 3. The molecule has 1 saturated heterocycles. The molecule has 1 unspecified atom stereocenters. The fourth-order valence-corrected chi connectivity index (χ4v) is 3.41. The van der Waals surface area contributed by atoms with E-state index >= 15 is 0 Å². The van der Waals surface area contributed by atoms with Crippen LogP contribution in [-0.2, 0) is 0 Å². The molecule has 0 bridgehead atoms. The number of anilines is 2. The molecule has 2 heterocycles. The van der Waals surface area contributed by atoms with Crippen molar-refractivity contribution >= 4 is 17.3 Å². The molecule has 1 N–H and O–H groups in total. The third-order valence-electron chi connectivity index (χ3n) is 4.48. The molecule has 4 nitrogen and oxygen atoms in total. The van der Waals surface area contributed by atoms with Crippen molar-refractivity contribution in [3.8, 4) is 0 Å². The molecular weight excluding hydrogens is 298 g/mol. The Morgan fingerprint density at radius 1 is 1.21 bits per heavy atom. The van der Waals surface area contributed by atoms with Crippen molar-refractivity contribution in [2.24, 2.45) is 5.92 Å².